The molecule has 7 nitrogen and oxygen atoms in total. The second-order valence-corrected chi connectivity index (χ2v) is 7.02. The standard InChI is InChI=1S/C23H22N4O3/c1-2-30-23(29)17-8-10-19(11-9-17)26-22(28)18-13-27(14-18)21-12-20(24-15-25-21)16-6-4-3-5-7-16/h3-12,15,18H,2,13-14H2,1H3,(H,26,28). The van der Waals surface area contributed by atoms with E-state index in [1.165, 1.54) is 0 Å². The van der Waals surface area contributed by atoms with Crippen LogP contribution in [-0.4, -0.2) is 41.5 Å². The molecule has 7 heteroatoms. The summed E-state index contributed by atoms with van der Waals surface area (Å²) in [7, 11) is 0. The number of hydrogen-bond acceptors (Lipinski definition) is 6. The molecule has 152 valence electrons. The quantitative estimate of drug-likeness (QED) is 0.636. The Morgan fingerprint density at radius 2 is 1.80 bits per heavy atom. The largest absolute Gasteiger partial charge is 0.462 e. The summed E-state index contributed by atoms with van der Waals surface area (Å²) in [5.74, 6) is 0.272. The zero-order chi connectivity index (χ0) is 20.9. The number of esters is 1. The number of carbonyl (C=O) groups is 2. The van der Waals surface area contributed by atoms with Crippen molar-refractivity contribution in [2.75, 3.05) is 29.9 Å². The van der Waals surface area contributed by atoms with E-state index in [9.17, 15) is 9.59 Å². The Morgan fingerprint density at radius 1 is 1.07 bits per heavy atom. The summed E-state index contributed by atoms with van der Waals surface area (Å²) in [6.45, 7) is 3.28. The average Bonchev–Trinajstić information content (AvgIpc) is 2.74. The molecule has 0 aliphatic carbocycles. The molecule has 2 aromatic carbocycles. The first-order valence-corrected chi connectivity index (χ1v) is 9.84. The molecule has 0 atom stereocenters. The van der Waals surface area contributed by atoms with Crippen molar-refractivity contribution >= 4 is 23.4 Å². The van der Waals surface area contributed by atoms with Gasteiger partial charge in [0.25, 0.3) is 0 Å². The van der Waals surface area contributed by atoms with Crippen molar-refractivity contribution in [2.24, 2.45) is 5.92 Å². The van der Waals surface area contributed by atoms with Crippen LogP contribution in [0.1, 0.15) is 17.3 Å². The summed E-state index contributed by atoms with van der Waals surface area (Å²) >= 11 is 0. The third-order valence-corrected chi connectivity index (χ3v) is 4.96. The Hall–Kier alpha value is -3.74. The first kappa shape index (κ1) is 19.6. The number of nitrogens with one attached hydrogen (secondary N) is 1. The lowest BCUT2D eigenvalue weighted by atomic mass is 9.98. The molecule has 1 aromatic heterocycles. The minimum atomic E-state index is -0.371. The van der Waals surface area contributed by atoms with Crippen molar-refractivity contribution in [3.8, 4) is 11.3 Å². The smallest absolute Gasteiger partial charge is 0.338 e. The molecule has 0 spiro atoms. The number of anilines is 2. The highest BCUT2D eigenvalue weighted by atomic mass is 16.5. The number of rotatable bonds is 6. The van der Waals surface area contributed by atoms with Crippen molar-refractivity contribution in [1.29, 1.82) is 0 Å². The molecule has 0 saturated carbocycles. The first-order valence-electron chi connectivity index (χ1n) is 9.84. The van der Waals surface area contributed by atoms with Gasteiger partial charge in [-0.05, 0) is 31.2 Å². The van der Waals surface area contributed by atoms with Crippen LogP contribution in [0.5, 0.6) is 0 Å². The third kappa shape index (κ3) is 4.30. The van der Waals surface area contributed by atoms with Gasteiger partial charge in [0, 0.05) is 30.4 Å². The van der Waals surface area contributed by atoms with Crippen LogP contribution in [0.3, 0.4) is 0 Å². The molecule has 1 saturated heterocycles. The van der Waals surface area contributed by atoms with Gasteiger partial charge < -0.3 is 15.0 Å². The summed E-state index contributed by atoms with van der Waals surface area (Å²) in [5.41, 5.74) is 3.00. The molecule has 1 aliphatic heterocycles. The monoisotopic (exact) mass is 402 g/mol. The third-order valence-electron chi connectivity index (χ3n) is 4.96. The molecule has 0 bridgehead atoms. The maximum absolute atomic E-state index is 12.5. The topological polar surface area (TPSA) is 84.4 Å². The lowest BCUT2D eigenvalue weighted by Crippen LogP contribution is -2.52. The highest BCUT2D eigenvalue weighted by molar-refractivity contribution is 5.95. The van der Waals surface area contributed by atoms with E-state index in [-0.39, 0.29) is 17.8 Å². The molecule has 4 rings (SSSR count). The zero-order valence-electron chi connectivity index (χ0n) is 16.6. The minimum absolute atomic E-state index is 0.0486. The molecular formula is C23H22N4O3. The number of benzene rings is 2. The van der Waals surface area contributed by atoms with E-state index in [1.54, 1.807) is 37.5 Å². The van der Waals surface area contributed by atoms with E-state index in [1.807, 2.05) is 36.4 Å². The Bertz CT molecular complexity index is 1030. The fraction of sp³-hybridized carbons (Fsp3) is 0.217. The van der Waals surface area contributed by atoms with Gasteiger partial charge in [0.05, 0.1) is 23.8 Å². The van der Waals surface area contributed by atoms with Crippen molar-refractivity contribution in [1.82, 2.24) is 9.97 Å². The Balaban J connectivity index is 1.33. The Kier molecular flexibility index (Phi) is 5.70. The van der Waals surface area contributed by atoms with Crippen molar-refractivity contribution in [3.05, 3.63) is 72.6 Å². The highest BCUT2D eigenvalue weighted by Crippen LogP contribution is 2.26. The molecule has 1 amide bonds. The maximum atomic E-state index is 12.5. The van der Waals surface area contributed by atoms with Gasteiger partial charge >= 0.3 is 5.97 Å². The summed E-state index contributed by atoms with van der Waals surface area (Å²) in [6.07, 6.45) is 1.55. The molecule has 1 aliphatic rings. The SMILES string of the molecule is CCOC(=O)c1ccc(NC(=O)C2CN(c3cc(-c4ccccc4)ncn3)C2)cc1. The number of hydrogen-bond donors (Lipinski definition) is 1. The Labute approximate surface area is 174 Å². The normalized spacial score (nSPS) is 13.4. The molecule has 0 unspecified atom stereocenters. The lowest BCUT2D eigenvalue weighted by Gasteiger charge is -2.39. The predicted molar refractivity (Wildman–Crippen MR) is 114 cm³/mol. The fourth-order valence-corrected chi connectivity index (χ4v) is 3.27. The summed E-state index contributed by atoms with van der Waals surface area (Å²) in [6, 6.07) is 18.6. The van der Waals surface area contributed by atoms with Crippen LogP contribution in [-0.2, 0) is 9.53 Å². The number of amides is 1. The van der Waals surface area contributed by atoms with E-state index in [0.717, 1.165) is 17.1 Å². The van der Waals surface area contributed by atoms with Crippen LogP contribution in [0.4, 0.5) is 11.5 Å². The van der Waals surface area contributed by atoms with Gasteiger partial charge in [-0.25, -0.2) is 14.8 Å². The fourth-order valence-electron chi connectivity index (χ4n) is 3.27. The van der Waals surface area contributed by atoms with Gasteiger partial charge in [-0.15, -0.1) is 0 Å². The van der Waals surface area contributed by atoms with Crippen LogP contribution in [0.15, 0.2) is 67.0 Å². The van der Waals surface area contributed by atoms with E-state index in [0.29, 0.717) is 30.9 Å². The van der Waals surface area contributed by atoms with Gasteiger partial charge in [-0.2, -0.15) is 0 Å². The van der Waals surface area contributed by atoms with Crippen LogP contribution in [0.2, 0.25) is 0 Å². The summed E-state index contributed by atoms with van der Waals surface area (Å²) in [5, 5.41) is 2.90. The molecule has 1 N–H and O–H groups in total. The summed E-state index contributed by atoms with van der Waals surface area (Å²) < 4.78 is 4.96. The molecule has 0 radical (unpaired) electrons. The average molecular weight is 402 g/mol. The summed E-state index contributed by atoms with van der Waals surface area (Å²) in [4.78, 5) is 35.0. The van der Waals surface area contributed by atoms with Gasteiger partial charge in [-0.1, -0.05) is 30.3 Å². The number of carbonyl (C=O) groups excluding carboxylic acids is 2. The van der Waals surface area contributed by atoms with E-state index in [4.69, 9.17) is 4.74 Å². The van der Waals surface area contributed by atoms with Crippen molar-refractivity contribution in [3.63, 3.8) is 0 Å². The van der Waals surface area contributed by atoms with Crippen molar-refractivity contribution < 1.29 is 14.3 Å². The Morgan fingerprint density at radius 3 is 2.50 bits per heavy atom. The van der Waals surface area contributed by atoms with Crippen LogP contribution in [0, 0.1) is 5.92 Å². The maximum Gasteiger partial charge on any atom is 0.338 e. The highest BCUT2D eigenvalue weighted by Gasteiger charge is 2.33. The van der Waals surface area contributed by atoms with Crippen LogP contribution in [0.25, 0.3) is 11.3 Å². The lowest BCUT2D eigenvalue weighted by molar-refractivity contribution is -0.120. The number of aromatic nitrogens is 2. The molecule has 2 heterocycles. The van der Waals surface area contributed by atoms with Gasteiger partial charge in [0.1, 0.15) is 12.1 Å². The minimum Gasteiger partial charge on any atom is -0.462 e. The van der Waals surface area contributed by atoms with Crippen LogP contribution >= 0.6 is 0 Å². The second kappa shape index (κ2) is 8.73. The van der Waals surface area contributed by atoms with E-state index < -0.39 is 0 Å². The van der Waals surface area contributed by atoms with E-state index in [2.05, 4.69) is 20.2 Å². The second-order valence-electron chi connectivity index (χ2n) is 7.02. The van der Waals surface area contributed by atoms with E-state index >= 15 is 0 Å². The molecule has 1 fully saturated rings. The van der Waals surface area contributed by atoms with Gasteiger partial charge in [0.2, 0.25) is 5.91 Å². The number of ether oxygens (including phenoxy) is 1. The predicted octanol–water partition coefficient (Wildman–Crippen LogP) is 3.40. The van der Waals surface area contributed by atoms with Gasteiger partial charge in [-0.3, -0.25) is 4.79 Å². The van der Waals surface area contributed by atoms with Crippen molar-refractivity contribution in [2.45, 2.75) is 6.92 Å². The molecular weight excluding hydrogens is 380 g/mol. The van der Waals surface area contributed by atoms with Gasteiger partial charge in [0.15, 0.2) is 0 Å². The first-order chi connectivity index (χ1) is 14.6. The molecule has 3 aromatic rings. The zero-order valence-corrected chi connectivity index (χ0v) is 16.6. The van der Waals surface area contributed by atoms with Crippen LogP contribution < -0.4 is 10.2 Å². The molecule has 30 heavy (non-hydrogen) atoms. The number of nitrogens with zero attached hydrogens (tertiary/aromatic N) is 3.